The van der Waals surface area contributed by atoms with Gasteiger partial charge in [0.2, 0.25) is 0 Å². The highest BCUT2D eigenvalue weighted by molar-refractivity contribution is 6.25. The van der Waals surface area contributed by atoms with E-state index >= 15 is 0 Å². The molecule has 1 N–H and O–H groups in total. The zero-order valence-electron chi connectivity index (χ0n) is 12.4. The Morgan fingerprint density at radius 2 is 2.18 bits per heavy atom. The van der Waals surface area contributed by atoms with Gasteiger partial charge in [0, 0.05) is 29.1 Å². The number of rotatable bonds is 1. The standard InChI is InChI=1S/C18H15NO3/c1-9-4-3-5-11-12-6-15-13(18(12)22-17(9)11)7-16(21)14(8-19-15)10(2)20/h3-5,7-8,15,19H,6H2,1-2H3. The molecule has 110 valence electrons. The van der Waals surface area contributed by atoms with Crippen LogP contribution >= 0.6 is 0 Å². The number of aryl methyl sites for hydroxylation is 1. The molecule has 0 saturated heterocycles. The van der Waals surface area contributed by atoms with E-state index in [9.17, 15) is 9.59 Å². The summed E-state index contributed by atoms with van der Waals surface area (Å²) in [6.45, 7) is 3.42. The molecule has 1 unspecified atom stereocenters. The zero-order valence-corrected chi connectivity index (χ0v) is 12.4. The number of hydrogen-bond donors (Lipinski definition) is 1. The lowest BCUT2D eigenvalue weighted by Crippen LogP contribution is -2.23. The first-order valence-corrected chi connectivity index (χ1v) is 7.30. The van der Waals surface area contributed by atoms with Gasteiger partial charge in [0.15, 0.2) is 11.6 Å². The van der Waals surface area contributed by atoms with Crippen molar-refractivity contribution in [3.63, 3.8) is 0 Å². The van der Waals surface area contributed by atoms with Crippen molar-refractivity contribution in [2.45, 2.75) is 26.3 Å². The maximum atomic E-state index is 12.2. The van der Waals surface area contributed by atoms with Gasteiger partial charge in [-0.1, -0.05) is 18.2 Å². The predicted molar refractivity (Wildman–Crippen MR) is 83.3 cm³/mol. The first-order valence-electron chi connectivity index (χ1n) is 7.30. The van der Waals surface area contributed by atoms with Gasteiger partial charge in [-0.3, -0.25) is 9.59 Å². The Morgan fingerprint density at radius 3 is 2.95 bits per heavy atom. The fraction of sp³-hybridized carbons (Fsp3) is 0.222. The molecule has 0 fully saturated rings. The van der Waals surface area contributed by atoms with Crippen LogP contribution in [0, 0.1) is 6.92 Å². The summed E-state index contributed by atoms with van der Waals surface area (Å²) in [6.07, 6.45) is 3.84. The van der Waals surface area contributed by atoms with Gasteiger partial charge in [0.1, 0.15) is 11.3 Å². The Kier molecular flexibility index (Phi) is 2.64. The molecule has 4 heteroatoms. The summed E-state index contributed by atoms with van der Waals surface area (Å²) in [4.78, 5) is 23.8. The van der Waals surface area contributed by atoms with E-state index in [1.807, 2.05) is 19.1 Å². The fourth-order valence-corrected chi connectivity index (χ4v) is 3.28. The zero-order chi connectivity index (χ0) is 15.4. The Bertz CT molecular complexity index is 898. The Labute approximate surface area is 127 Å². The summed E-state index contributed by atoms with van der Waals surface area (Å²) in [6, 6.07) is 6.07. The van der Waals surface area contributed by atoms with Crippen LogP contribution in [-0.2, 0) is 16.0 Å². The van der Waals surface area contributed by atoms with Crippen molar-refractivity contribution >= 4 is 28.1 Å². The van der Waals surface area contributed by atoms with Crippen LogP contribution in [0.4, 0.5) is 0 Å². The number of benzene rings is 1. The van der Waals surface area contributed by atoms with E-state index < -0.39 is 0 Å². The fourth-order valence-electron chi connectivity index (χ4n) is 3.28. The molecule has 1 aliphatic carbocycles. The molecule has 0 saturated carbocycles. The highest BCUT2D eigenvalue weighted by Crippen LogP contribution is 2.41. The third kappa shape index (κ3) is 1.70. The molecule has 1 aliphatic heterocycles. The van der Waals surface area contributed by atoms with Crippen molar-refractivity contribution in [3.05, 3.63) is 52.9 Å². The Morgan fingerprint density at radius 1 is 1.36 bits per heavy atom. The molecule has 22 heavy (non-hydrogen) atoms. The average Bonchev–Trinajstić information content (AvgIpc) is 2.92. The third-order valence-corrected chi connectivity index (χ3v) is 4.42. The van der Waals surface area contributed by atoms with Gasteiger partial charge >= 0.3 is 0 Å². The first kappa shape index (κ1) is 13.1. The van der Waals surface area contributed by atoms with Crippen LogP contribution in [0.2, 0.25) is 0 Å². The molecule has 1 aromatic carbocycles. The van der Waals surface area contributed by atoms with Crippen molar-refractivity contribution in [3.8, 4) is 0 Å². The quantitative estimate of drug-likeness (QED) is 0.821. The molecule has 4 rings (SSSR count). The van der Waals surface area contributed by atoms with E-state index in [1.165, 1.54) is 13.1 Å². The minimum atomic E-state index is -0.262. The molecule has 0 amide bonds. The molecule has 0 radical (unpaired) electrons. The number of furan rings is 1. The number of Topliss-reactive ketones (excluding diaryl/α,β-unsaturated/α-hetero) is 1. The van der Waals surface area contributed by atoms with E-state index in [4.69, 9.17) is 4.42 Å². The summed E-state index contributed by atoms with van der Waals surface area (Å²) in [7, 11) is 0. The van der Waals surface area contributed by atoms with Gasteiger partial charge in [-0.15, -0.1) is 0 Å². The topological polar surface area (TPSA) is 59.3 Å². The largest absolute Gasteiger partial charge is 0.456 e. The lowest BCUT2D eigenvalue weighted by Gasteiger charge is -2.10. The minimum absolute atomic E-state index is 0.0144. The molecule has 4 nitrogen and oxygen atoms in total. The first-order chi connectivity index (χ1) is 10.6. The monoisotopic (exact) mass is 293 g/mol. The number of fused-ring (bicyclic) bond motifs is 5. The van der Waals surface area contributed by atoms with Crippen LogP contribution in [0.15, 0.2) is 40.5 Å². The van der Waals surface area contributed by atoms with Gasteiger partial charge in [0.05, 0.1) is 11.6 Å². The second-order valence-electron chi connectivity index (χ2n) is 5.86. The SMILES string of the molecule is CC(=O)C1=CNC2Cc3c(oc4c(C)cccc34)C2=CC1=O. The van der Waals surface area contributed by atoms with Gasteiger partial charge in [-0.2, -0.15) is 0 Å². The van der Waals surface area contributed by atoms with Gasteiger partial charge in [-0.25, -0.2) is 0 Å². The minimum Gasteiger partial charge on any atom is -0.456 e. The van der Waals surface area contributed by atoms with E-state index in [1.54, 1.807) is 6.08 Å². The van der Waals surface area contributed by atoms with Gasteiger partial charge in [0.25, 0.3) is 0 Å². The van der Waals surface area contributed by atoms with E-state index in [0.717, 1.165) is 39.9 Å². The van der Waals surface area contributed by atoms with Crippen LogP contribution in [-0.4, -0.2) is 17.6 Å². The lowest BCUT2D eigenvalue weighted by molar-refractivity contribution is -0.118. The van der Waals surface area contributed by atoms with Crippen LogP contribution in [0.5, 0.6) is 0 Å². The van der Waals surface area contributed by atoms with Crippen LogP contribution in [0.25, 0.3) is 16.5 Å². The number of carbonyl (C=O) groups excluding carboxylic acids is 2. The lowest BCUT2D eigenvalue weighted by atomic mass is 10.1. The second kappa shape index (κ2) is 4.44. The molecule has 2 aliphatic rings. The van der Waals surface area contributed by atoms with E-state index in [-0.39, 0.29) is 23.2 Å². The van der Waals surface area contributed by atoms with Crippen molar-refractivity contribution < 1.29 is 14.0 Å². The van der Waals surface area contributed by atoms with E-state index in [2.05, 4.69) is 11.4 Å². The van der Waals surface area contributed by atoms with Crippen molar-refractivity contribution in [1.29, 1.82) is 0 Å². The summed E-state index contributed by atoms with van der Waals surface area (Å²) in [5.74, 6) is 0.283. The molecule has 2 aromatic rings. The third-order valence-electron chi connectivity index (χ3n) is 4.42. The van der Waals surface area contributed by atoms with Gasteiger partial charge < -0.3 is 9.73 Å². The normalized spacial score (nSPS) is 19.9. The Hall–Kier alpha value is -2.62. The number of ketones is 2. The van der Waals surface area contributed by atoms with Crippen molar-refractivity contribution in [2.24, 2.45) is 0 Å². The van der Waals surface area contributed by atoms with Crippen molar-refractivity contribution in [2.75, 3.05) is 0 Å². The number of hydrogen-bond acceptors (Lipinski definition) is 4. The summed E-state index contributed by atoms with van der Waals surface area (Å²) in [5.41, 5.74) is 4.12. The number of allylic oxidation sites excluding steroid dienone is 2. The number of nitrogens with one attached hydrogen (secondary N) is 1. The Balaban J connectivity index is 1.89. The van der Waals surface area contributed by atoms with Crippen LogP contribution < -0.4 is 5.32 Å². The van der Waals surface area contributed by atoms with Crippen LogP contribution in [0.1, 0.15) is 23.8 Å². The summed E-state index contributed by atoms with van der Waals surface area (Å²) in [5, 5.41) is 4.29. The summed E-state index contributed by atoms with van der Waals surface area (Å²) >= 11 is 0. The molecule has 0 bridgehead atoms. The molecular weight excluding hydrogens is 278 g/mol. The van der Waals surface area contributed by atoms with Crippen molar-refractivity contribution in [1.82, 2.24) is 5.32 Å². The maximum absolute atomic E-state index is 12.2. The van der Waals surface area contributed by atoms with E-state index in [0.29, 0.717) is 0 Å². The molecule has 1 aromatic heterocycles. The smallest absolute Gasteiger partial charge is 0.191 e. The molecule has 2 heterocycles. The molecular formula is C18H15NO3. The second-order valence-corrected chi connectivity index (χ2v) is 5.86. The number of para-hydroxylation sites is 1. The molecule has 0 spiro atoms. The average molecular weight is 293 g/mol. The highest BCUT2D eigenvalue weighted by atomic mass is 16.3. The predicted octanol–water partition coefficient (Wildman–Crippen LogP) is 2.69. The number of carbonyl (C=O) groups is 2. The van der Waals surface area contributed by atoms with Gasteiger partial charge in [-0.05, 0) is 25.5 Å². The summed E-state index contributed by atoms with van der Waals surface area (Å²) < 4.78 is 6.04. The molecule has 1 atom stereocenters. The maximum Gasteiger partial charge on any atom is 0.191 e. The highest BCUT2D eigenvalue weighted by Gasteiger charge is 2.34. The van der Waals surface area contributed by atoms with Crippen LogP contribution in [0.3, 0.4) is 0 Å².